The lowest BCUT2D eigenvalue weighted by Gasteiger charge is -2.02. The molecular formula is C7H11ClN4O. The monoisotopic (exact) mass is 202 g/mol. The van der Waals surface area contributed by atoms with E-state index in [1.807, 2.05) is 0 Å². The van der Waals surface area contributed by atoms with Gasteiger partial charge >= 0.3 is 6.03 Å². The molecule has 0 aliphatic carbocycles. The Morgan fingerprint density at radius 1 is 1.77 bits per heavy atom. The van der Waals surface area contributed by atoms with Crippen LogP contribution in [0.25, 0.3) is 0 Å². The maximum Gasteiger partial charge on any atom is 0.320 e. The van der Waals surface area contributed by atoms with Crippen molar-refractivity contribution >= 4 is 23.4 Å². The van der Waals surface area contributed by atoms with Crippen LogP contribution in [0.2, 0.25) is 0 Å². The molecule has 0 saturated carbocycles. The lowest BCUT2D eigenvalue weighted by Crippen LogP contribution is -2.30. The van der Waals surface area contributed by atoms with Gasteiger partial charge in [0.15, 0.2) is 5.82 Å². The second-order valence-electron chi connectivity index (χ2n) is 2.44. The van der Waals surface area contributed by atoms with Gasteiger partial charge in [0.2, 0.25) is 0 Å². The van der Waals surface area contributed by atoms with Crippen molar-refractivity contribution in [1.82, 2.24) is 15.1 Å². The van der Waals surface area contributed by atoms with Gasteiger partial charge in [-0.05, 0) is 0 Å². The maximum atomic E-state index is 11.1. The quantitative estimate of drug-likeness (QED) is 0.712. The molecule has 0 aliphatic rings. The van der Waals surface area contributed by atoms with Crippen molar-refractivity contribution in [3.05, 3.63) is 12.3 Å². The molecule has 2 N–H and O–H groups in total. The number of hydrogen-bond acceptors (Lipinski definition) is 2. The first-order chi connectivity index (χ1) is 6.22. The van der Waals surface area contributed by atoms with Crippen molar-refractivity contribution in [2.24, 2.45) is 7.05 Å². The summed E-state index contributed by atoms with van der Waals surface area (Å²) in [5.41, 5.74) is 0. The number of carbonyl (C=O) groups is 1. The number of amides is 2. The minimum absolute atomic E-state index is 0.292. The lowest BCUT2D eigenvalue weighted by atomic mass is 10.6. The van der Waals surface area contributed by atoms with E-state index in [1.165, 1.54) is 0 Å². The van der Waals surface area contributed by atoms with E-state index in [-0.39, 0.29) is 6.03 Å². The topological polar surface area (TPSA) is 59.0 Å². The number of rotatable bonds is 3. The summed E-state index contributed by atoms with van der Waals surface area (Å²) in [5, 5.41) is 9.09. The largest absolute Gasteiger partial charge is 0.337 e. The van der Waals surface area contributed by atoms with Crippen LogP contribution in [0.1, 0.15) is 0 Å². The zero-order valence-electron chi connectivity index (χ0n) is 7.25. The fourth-order valence-electron chi connectivity index (χ4n) is 0.803. The second-order valence-corrected chi connectivity index (χ2v) is 2.82. The third-order valence-corrected chi connectivity index (χ3v) is 1.52. The van der Waals surface area contributed by atoms with Gasteiger partial charge in [-0.15, -0.1) is 11.6 Å². The van der Waals surface area contributed by atoms with Crippen molar-refractivity contribution in [3.8, 4) is 0 Å². The van der Waals surface area contributed by atoms with Crippen molar-refractivity contribution in [1.29, 1.82) is 0 Å². The van der Waals surface area contributed by atoms with Crippen LogP contribution in [0.5, 0.6) is 0 Å². The predicted molar refractivity (Wildman–Crippen MR) is 50.9 cm³/mol. The minimum atomic E-state index is -0.292. The molecule has 0 radical (unpaired) electrons. The number of aromatic nitrogens is 2. The molecule has 1 heterocycles. The fraction of sp³-hybridized carbons (Fsp3) is 0.429. The number of alkyl halides is 1. The summed E-state index contributed by atoms with van der Waals surface area (Å²) in [7, 11) is 1.78. The summed E-state index contributed by atoms with van der Waals surface area (Å²) in [6, 6.07) is 1.42. The first kappa shape index (κ1) is 9.85. The van der Waals surface area contributed by atoms with Gasteiger partial charge in [0.25, 0.3) is 0 Å². The van der Waals surface area contributed by atoms with E-state index >= 15 is 0 Å². The zero-order valence-corrected chi connectivity index (χ0v) is 8.01. The Morgan fingerprint density at radius 3 is 3.08 bits per heavy atom. The SMILES string of the molecule is Cn1ccc(NC(=O)NCCCl)n1. The smallest absolute Gasteiger partial charge is 0.320 e. The molecule has 0 atom stereocenters. The molecule has 1 aromatic heterocycles. The normalized spacial score (nSPS) is 9.69. The van der Waals surface area contributed by atoms with Crippen LogP contribution in [0.3, 0.4) is 0 Å². The molecule has 5 nitrogen and oxygen atoms in total. The molecule has 0 bridgehead atoms. The fourth-order valence-corrected chi connectivity index (χ4v) is 0.898. The summed E-state index contributed by atoms with van der Waals surface area (Å²) in [4.78, 5) is 11.1. The number of carbonyl (C=O) groups excluding carboxylic acids is 1. The molecule has 0 spiro atoms. The number of halogens is 1. The number of urea groups is 1. The highest BCUT2D eigenvalue weighted by Gasteiger charge is 2.01. The Morgan fingerprint density at radius 2 is 2.54 bits per heavy atom. The molecule has 0 aliphatic heterocycles. The van der Waals surface area contributed by atoms with Crippen molar-refractivity contribution in [2.45, 2.75) is 0 Å². The number of nitrogens with one attached hydrogen (secondary N) is 2. The number of nitrogens with zero attached hydrogens (tertiary/aromatic N) is 2. The second kappa shape index (κ2) is 4.71. The molecule has 0 aromatic carbocycles. The molecule has 72 valence electrons. The molecule has 0 unspecified atom stereocenters. The molecular weight excluding hydrogens is 192 g/mol. The Labute approximate surface area is 81.1 Å². The van der Waals surface area contributed by atoms with Gasteiger partial charge in [0.05, 0.1) is 0 Å². The average molecular weight is 203 g/mol. The molecule has 2 amide bonds. The highest BCUT2D eigenvalue weighted by atomic mass is 35.5. The van der Waals surface area contributed by atoms with Crippen LogP contribution in [-0.2, 0) is 7.05 Å². The van der Waals surface area contributed by atoms with E-state index in [0.29, 0.717) is 18.2 Å². The molecule has 1 aromatic rings. The van der Waals surface area contributed by atoms with Crippen LogP contribution in [0.4, 0.5) is 10.6 Å². The zero-order chi connectivity index (χ0) is 9.68. The van der Waals surface area contributed by atoms with E-state index in [9.17, 15) is 4.79 Å². The first-order valence-electron chi connectivity index (χ1n) is 3.83. The Balaban J connectivity index is 2.36. The molecule has 13 heavy (non-hydrogen) atoms. The number of hydrogen-bond donors (Lipinski definition) is 2. The van der Waals surface area contributed by atoms with Crippen LogP contribution in [-0.4, -0.2) is 28.2 Å². The van der Waals surface area contributed by atoms with Crippen molar-refractivity contribution < 1.29 is 4.79 Å². The van der Waals surface area contributed by atoms with Gasteiger partial charge in [-0.3, -0.25) is 10.00 Å². The third kappa shape index (κ3) is 3.33. The molecule has 0 fully saturated rings. The third-order valence-electron chi connectivity index (χ3n) is 1.34. The van der Waals surface area contributed by atoms with Gasteiger partial charge in [-0.25, -0.2) is 4.79 Å². The standard InChI is InChI=1S/C7H11ClN4O/c1-12-5-2-6(11-12)10-7(13)9-4-3-8/h2,5H,3-4H2,1H3,(H2,9,10,11,13). The average Bonchev–Trinajstić information content (AvgIpc) is 2.48. The summed E-state index contributed by atoms with van der Waals surface area (Å²) in [5.74, 6) is 0.921. The Hall–Kier alpha value is -1.23. The Kier molecular flexibility index (Phi) is 3.57. The van der Waals surface area contributed by atoms with Gasteiger partial charge in [0.1, 0.15) is 0 Å². The Bertz CT molecular complexity index is 286. The van der Waals surface area contributed by atoms with Gasteiger partial charge in [-0.2, -0.15) is 5.10 Å². The summed E-state index contributed by atoms with van der Waals surface area (Å²) in [6.45, 7) is 0.445. The van der Waals surface area contributed by atoms with Gasteiger partial charge in [0, 0.05) is 31.7 Å². The maximum absolute atomic E-state index is 11.1. The van der Waals surface area contributed by atoms with Gasteiger partial charge in [-0.1, -0.05) is 0 Å². The highest BCUT2D eigenvalue weighted by Crippen LogP contribution is 1.99. The summed E-state index contributed by atoms with van der Waals surface area (Å²) >= 11 is 5.39. The van der Waals surface area contributed by atoms with Crippen LogP contribution < -0.4 is 10.6 Å². The number of anilines is 1. The highest BCUT2D eigenvalue weighted by molar-refractivity contribution is 6.18. The van der Waals surface area contributed by atoms with Crippen LogP contribution in [0.15, 0.2) is 12.3 Å². The minimum Gasteiger partial charge on any atom is -0.337 e. The summed E-state index contributed by atoms with van der Waals surface area (Å²) < 4.78 is 1.61. The number of aryl methyl sites for hydroxylation is 1. The first-order valence-corrected chi connectivity index (χ1v) is 4.36. The van der Waals surface area contributed by atoms with E-state index < -0.39 is 0 Å². The van der Waals surface area contributed by atoms with E-state index in [1.54, 1.807) is 24.0 Å². The van der Waals surface area contributed by atoms with E-state index in [4.69, 9.17) is 11.6 Å². The lowest BCUT2D eigenvalue weighted by molar-refractivity contribution is 0.252. The van der Waals surface area contributed by atoms with Crippen molar-refractivity contribution in [2.75, 3.05) is 17.7 Å². The van der Waals surface area contributed by atoms with Crippen molar-refractivity contribution in [3.63, 3.8) is 0 Å². The van der Waals surface area contributed by atoms with E-state index in [2.05, 4.69) is 15.7 Å². The molecule has 6 heteroatoms. The predicted octanol–water partition coefficient (Wildman–Crippen LogP) is 0.780. The molecule has 1 rings (SSSR count). The van der Waals surface area contributed by atoms with Gasteiger partial charge < -0.3 is 5.32 Å². The summed E-state index contributed by atoms with van der Waals surface area (Å²) in [6.07, 6.45) is 1.75. The van der Waals surface area contributed by atoms with E-state index in [0.717, 1.165) is 0 Å². The van der Waals surface area contributed by atoms with Crippen LogP contribution in [0, 0.1) is 0 Å². The molecule has 0 saturated heterocycles. The van der Waals surface area contributed by atoms with Crippen LogP contribution >= 0.6 is 11.6 Å².